The third-order valence-electron chi connectivity index (χ3n) is 5.02. The van der Waals surface area contributed by atoms with E-state index in [2.05, 4.69) is 117 Å². The second-order valence-corrected chi connectivity index (χ2v) is 8.49. The lowest BCUT2D eigenvalue weighted by molar-refractivity contribution is -0.462. The highest BCUT2D eigenvalue weighted by molar-refractivity contribution is 7.20. The zero-order chi connectivity index (χ0) is 19.7. The molecule has 3 heteroatoms. The molecule has 0 N–H and O–H groups in total. The normalized spacial score (nSPS) is 13.3. The topological polar surface area (TPSA) is 6.25 Å². The van der Waals surface area contributed by atoms with Crippen LogP contribution in [0.1, 0.15) is 10.4 Å². The van der Waals surface area contributed by atoms with E-state index >= 15 is 0 Å². The van der Waals surface area contributed by atoms with E-state index in [4.69, 9.17) is 0 Å². The molecule has 0 saturated carbocycles. The molecule has 0 amide bonds. The van der Waals surface area contributed by atoms with E-state index in [1.165, 1.54) is 43.1 Å². The fourth-order valence-electron chi connectivity index (χ4n) is 3.41. The predicted octanol–water partition coefficient (Wildman–Crippen LogP) is 5.61. The van der Waals surface area contributed by atoms with Gasteiger partial charge in [0.15, 0.2) is 5.71 Å². The average molecular weight is 386 g/mol. The predicted molar refractivity (Wildman–Crippen MR) is 124 cm³/mol. The molecule has 0 atom stereocenters. The molecule has 0 fully saturated rings. The van der Waals surface area contributed by atoms with E-state index in [0.717, 1.165) is 0 Å². The Bertz CT molecular complexity index is 1080. The maximum Gasteiger partial charge on any atom is 0.199 e. The highest BCUT2D eigenvalue weighted by atomic mass is 32.1. The highest BCUT2D eigenvalue weighted by Crippen LogP contribution is 2.37. The summed E-state index contributed by atoms with van der Waals surface area (Å²) in [6.45, 7) is 0. The second-order valence-electron chi connectivity index (χ2n) is 7.41. The van der Waals surface area contributed by atoms with Crippen LogP contribution >= 0.6 is 11.3 Å². The van der Waals surface area contributed by atoms with Crippen LogP contribution in [0.15, 0.2) is 84.5 Å². The van der Waals surface area contributed by atoms with Crippen LogP contribution in [0, 0.1) is 0 Å². The van der Waals surface area contributed by atoms with Crippen LogP contribution in [0.4, 0.5) is 5.69 Å². The third-order valence-corrected chi connectivity index (χ3v) is 6.15. The quantitative estimate of drug-likeness (QED) is 0.531. The van der Waals surface area contributed by atoms with Gasteiger partial charge in [-0.1, -0.05) is 30.3 Å². The van der Waals surface area contributed by atoms with Crippen molar-refractivity contribution >= 4 is 38.4 Å². The molecule has 0 radical (unpaired) electrons. The summed E-state index contributed by atoms with van der Waals surface area (Å²) in [6, 6.07) is 19.8. The van der Waals surface area contributed by atoms with Gasteiger partial charge in [0.05, 0.1) is 0 Å². The molecule has 0 saturated heterocycles. The Labute approximate surface area is 171 Å². The van der Waals surface area contributed by atoms with Gasteiger partial charge in [-0.2, -0.15) is 0 Å². The molecule has 1 aliphatic carbocycles. The first-order valence-corrected chi connectivity index (χ1v) is 10.3. The van der Waals surface area contributed by atoms with Crippen LogP contribution in [0.3, 0.4) is 0 Å². The molecule has 2 aromatic carbocycles. The summed E-state index contributed by atoms with van der Waals surface area (Å²) in [5.74, 6) is 0. The molecule has 3 aromatic rings. The van der Waals surface area contributed by atoms with Crippen molar-refractivity contribution in [1.29, 1.82) is 0 Å². The average Bonchev–Trinajstić information content (AvgIpc) is 3.12. The molecule has 0 bridgehead atoms. The number of rotatable bonds is 3. The van der Waals surface area contributed by atoms with Crippen molar-refractivity contribution in [2.45, 2.75) is 0 Å². The van der Waals surface area contributed by atoms with Gasteiger partial charge in [0.1, 0.15) is 14.1 Å². The SMILES string of the molecule is CN(C)c1ccc(C(=C2C=CC(=[N+](C)C)C=C2)c2cc3ccccc3s2)cc1. The van der Waals surface area contributed by atoms with Crippen molar-refractivity contribution in [3.8, 4) is 0 Å². The van der Waals surface area contributed by atoms with Crippen molar-refractivity contribution in [3.05, 3.63) is 94.9 Å². The summed E-state index contributed by atoms with van der Waals surface area (Å²) in [7, 11) is 8.30. The molecule has 2 nitrogen and oxygen atoms in total. The van der Waals surface area contributed by atoms with Gasteiger partial charge >= 0.3 is 0 Å². The maximum atomic E-state index is 2.31. The van der Waals surface area contributed by atoms with Crippen molar-refractivity contribution in [1.82, 2.24) is 0 Å². The van der Waals surface area contributed by atoms with Gasteiger partial charge in [-0.15, -0.1) is 11.3 Å². The van der Waals surface area contributed by atoms with Crippen LogP contribution in [0.2, 0.25) is 0 Å². The summed E-state index contributed by atoms with van der Waals surface area (Å²) in [4.78, 5) is 3.44. The Kier molecular flexibility index (Phi) is 5.01. The molecule has 1 aliphatic rings. The highest BCUT2D eigenvalue weighted by Gasteiger charge is 2.15. The fraction of sp³-hybridized carbons (Fsp3) is 0.160. The minimum atomic E-state index is 1.21. The number of benzene rings is 2. The van der Waals surface area contributed by atoms with Crippen molar-refractivity contribution < 1.29 is 4.58 Å². The Morgan fingerprint density at radius 1 is 0.857 bits per heavy atom. The van der Waals surface area contributed by atoms with E-state index in [1.54, 1.807) is 0 Å². The lowest BCUT2D eigenvalue weighted by atomic mass is 9.94. The number of nitrogens with zero attached hydrogens (tertiary/aromatic N) is 2. The molecule has 4 rings (SSSR count). The van der Waals surface area contributed by atoms with Crippen LogP contribution < -0.4 is 4.90 Å². The largest absolute Gasteiger partial charge is 0.378 e. The zero-order valence-electron chi connectivity index (χ0n) is 16.8. The number of hydrogen-bond acceptors (Lipinski definition) is 2. The Morgan fingerprint density at radius 2 is 1.54 bits per heavy atom. The van der Waals surface area contributed by atoms with Gasteiger partial charge in [-0.3, -0.25) is 0 Å². The maximum absolute atomic E-state index is 2.31. The van der Waals surface area contributed by atoms with E-state index in [-0.39, 0.29) is 0 Å². The standard InChI is InChI=1S/C25H25N2S/c1-26(2)21-13-9-18(10-14-21)25(19-11-15-22(16-12-19)27(3)4)24-17-20-7-5-6-8-23(20)28-24/h5-17H,1-4H3/q+1. The molecule has 28 heavy (non-hydrogen) atoms. The molecule has 140 valence electrons. The lowest BCUT2D eigenvalue weighted by Gasteiger charge is -2.15. The van der Waals surface area contributed by atoms with E-state index in [9.17, 15) is 0 Å². The molecule has 0 spiro atoms. The van der Waals surface area contributed by atoms with Gasteiger partial charge in [0.25, 0.3) is 0 Å². The summed E-state index contributed by atoms with van der Waals surface area (Å²) >= 11 is 1.86. The summed E-state index contributed by atoms with van der Waals surface area (Å²) < 4.78 is 3.46. The third kappa shape index (κ3) is 3.58. The van der Waals surface area contributed by atoms with E-state index in [1.807, 2.05) is 11.3 Å². The number of thiophene rings is 1. The number of hydrogen-bond donors (Lipinski definition) is 0. The van der Waals surface area contributed by atoms with Crippen LogP contribution in [0.5, 0.6) is 0 Å². The summed E-state index contributed by atoms with van der Waals surface area (Å²) in [6.07, 6.45) is 8.84. The second kappa shape index (κ2) is 7.61. The monoisotopic (exact) mass is 385 g/mol. The molecular formula is C25H25N2S+. The molecule has 0 unspecified atom stereocenters. The fourth-order valence-corrected chi connectivity index (χ4v) is 4.56. The molecule has 1 heterocycles. The molecular weight excluding hydrogens is 360 g/mol. The van der Waals surface area contributed by atoms with Gasteiger partial charge in [0.2, 0.25) is 0 Å². The molecule has 0 aliphatic heterocycles. The van der Waals surface area contributed by atoms with Crippen LogP contribution in [-0.4, -0.2) is 38.5 Å². The number of allylic oxidation sites excluding steroid dienone is 5. The molecule has 1 aromatic heterocycles. The van der Waals surface area contributed by atoms with Crippen molar-refractivity contribution in [2.75, 3.05) is 33.1 Å². The lowest BCUT2D eigenvalue weighted by Crippen LogP contribution is -2.10. The van der Waals surface area contributed by atoms with E-state index < -0.39 is 0 Å². The smallest absolute Gasteiger partial charge is 0.199 e. The van der Waals surface area contributed by atoms with Gasteiger partial charge in [-0.25, -0.2) is 4.58 Å². The minimum absolute atomic E-state index is 1.21. The first kappa shape index (κ1) is 18.5. The van der Waals surface area contributed by atoms with Gasteiger partial charge in [0, 0.05) is 47.1 Å². The minimum Gasteiger partial charge on any atom is -0.378 e. The Balaban J connectivity index is 1.89. The van der Waals surface area contributed by atoms with Gasteiger partial charge < -0.3 is 4.90 Å². The van der Waals surface area contributed by atoms with Crippen molar-refractivity contribution in [2.24, 2.45) is 0 Å². The van der Waals surface area contributed by atoms with Crippen LogP contribution in [0.25, 0.3) is 15.7 Å². The van der Waals surface area contributed by atoms with E-state index in [0.29, 0.717) is 0 Å². The summed E-state index contributed by atoms with van der Waals surface area (Å²) in [5.41, 5.74) is 6.20. The number of anilines is 1. The Hall–Kier alpha value is -2.91. The van der Waals surface area contributed by atoms with Gasteiger partial charge in [-0.05, 0) is 52.9 Å². The van der Waals surface area contributed by atoms with Crippen LogP contribution in [-0.2, 0) is 0 Å². The zero-order valence-corrected chi connectivity index (χ0v) is 17.6. The summed E-state index contributed by atoms with van der Waals surface area (Å²) in [5, 5.41) is 1.30. The Morgan fingerprint density at radius 3 is 2.14 bits per heavy atom. The first-order chi connectivity index (χ1) is 13.5. The first-order valence-electron chi connectivity index (χ1n) is 9.44. The number of fused-ring (bicyclic) bond motifs is 1. The van der Waals surface area contributed by atoms with Crippen molar-refractivity contribution in [3.63, 3.8) is 0 Å².